The number of aryl methyl sites for hydroxylation is 2. The number of nitro benzene ring substituents is 1. The van der Waals surface area contributed by atoms with Gasteiger partial charge in [0.1, 0.15) is 17.9 Å². The van der Waals surface area contributed by atoms with Crippen molar-refractivity contribution in [1.82, 2.24) is 5.32 Å². The van der Waals surface area contributed by atoms with Crippen LogP contribution in [0, 0.1) is 24.0 Å². The van der Waals surface area contributed by atoms with Crippen LogP contribution in [0.5, 0.6) is 5.75 Å². The Morgan fingerprint density at radius 3 is 2.32 bits per heavy atom. The van der Waals surface area contributed by atoms with E-state index in [9.17, 15) is 24.5 Å². The first-order valence-corrected chi connectivity index (χ1v) is 11.8. The van der Waals surface area contributed by atoms with Gasteiger partial charge >= 0.3 is 6.03 Å². The second-order valence-electron chi connectivity index (χ2n) is 8.88. The number of nitrogens with zero attached hydrogens (tertiary/aromatic N) is 2. The maximum atomic E-state index is 13.3. The molecule has 4 rings (SSSR count). The van der Waals surface area contributed by atoms with Crippen molar-refractivity contribution < 1.29 is 24.0 Å². The highest BCUT2D eigenvalue weighted by molar-refractivity contribution is 6.39. The lowest BCUT2D eigenvalue weighted by Gasteiger charge is -2.27. The monoisotopic (exact) mass is 511 g/mol. The average Bonchev–Trinajstić information content (AvgIpc) is 2.86. The zero-order valence-electron chi connectivity index (χ0n) is 20.9. The number of carbonyl (C=O) groups excluding carboxylic acids is 3. The smallest absolute Gasteiger partial charge is 0.335 e. The van der Waals surface area contributed by atoms with Crippen molar-refractivity contribution in [3.8, 4) is 5.75 Å². The van der Waals surface area contributed by atoms with Gasteiger partial charge in [-0.1, -0.05) is 18.2 Å². The molecule has 0 aliphatic carbocycles. The van der Waals surface area contributed by atoms with E-state index in [2.05, 4.69) is 11.9 Å². The number of nitro groups is 1. The number of nitrogens with one attached hydrogen (secondary N) is 1. The minimum atomic E-state index is -0.801. The molecular formula is C29H25N3O6. The minimum absolute atomic E-state index is 0.00224. The van der Waals surface area contributed by atoms with Crippen molar-refractivity contribution in [2.24, 2.45) is 0 Å². The van der Waals surface area contributed by atoms with E-state index in [4.69, 9.17) is 4.74 Å². The molecule has 0 atom stereocenters. The number of benzene rings is 3. The fraction of sp³-hybridized carbons (Fsp3) is 0.138. The molecule has 9 nitrogen and oxygen atoms in total. The highest BCUT2D eigenvalue weighted by Gasteiger charge is 2.37. The number of amides is 4. The fourth-order valence-corrected chi connectivity index (χ4v) is 4.16. The van der Waals surface area contributed by atoms with Crippen LogP contribution in [0.15, 0.2) is 78.9 Å². The van der Waals surface area contributed by atoms with Crippen molar-refractivity contribution >= 4 is 35.3 Å². The maximum absolute atomic E-state index is 13.3. The van der Waals surface area contributed by atoms with E-state index in [1.165, 1.54) is 18.2 Å². The van der Waals surface area contributed by atoms with Crippen LogP contribution in [0.3, 0.4) is 0 Å². The third-order valence-corrected chi connectivity index (χ3v) is 5.87. The summed E-state index contributed by atoms with van der Waals surface area (Å²) < 4.78 is 5.94. The molecule has 4 amide bonds. The molecule has 1 N–H and O–H groups in total. The summed E-state index contributed by atoms with van der Waals surface area (Å²) in [5, 5.41) is 13.1. The Morgan fingerprint density at radius 1 is 1.00 bits per heavy atom. The second-order valence-corrected chi connectivity index (χ2v) is 8.88. The number of allylic oxidation sites excluding steroid dienone is 1. The molecular weight excluding hydrogens is 486 g/mol. The molecule has 0 radical (unpaired) electrons. The molecule has 9 heteroatoms. The van der Waals surface area contributed by atoms with E-state index >= 15 is 0 Å². The summed E-state index contributed by atoms with van der Waals surface area (Å²) in [6.07, 6.45) is 3.59. The molecule has 192 valence electrons. The molecule has 3 aromatic rings. The Bertz CT molecular complexity index is 1470. The van der Waals surface area contributed by atoms with Crippen LogP contribution in [-0.4, -0.2) is 22.8 Å². The molecule has 1 fully saturated rings. The molecule has 0 spiro atoms. The van der Waals surface area contributed by atoms with Gasteiger partial charge in [-0.05, 0) is 90.6 Å². The number of anilines is 1. The Morgan fingerprint density at radius 2 is 1.68 bits per heavy atom. The van der Waals surface area contributed by atoms with E-state index in [1.807, 2.05) is 19.9 Å². The van der Waals surface area contributed by atoms with Crippen LogP contribution >= 0.6 is 0 Å². The molecule has 1 aliphatic rings. The average molecular weight is 512 g/mol. The van der Waals surface area contributed by atoms with Crippen molar-refractivity contribution in [2.45, 2.75) is 26.9 Å². The summed E-state index contributed by atoms with van der Waals surface area (Å²) in [5.74, 6) is -0.922. The second kappa shape index (κ2) is 10.9. The predicted octanol–water partition coefficient (Wildman–Crippen LogP) is 5.19. The lowest BCUT2D eigenvalue weighted by atomic mass is 10.0. The number of rotatable bonds is 8. The molecule has 1 heterocycles. The molecule has 3 aromatic carbocycles. The molecule has 1 saturated heterocycles. The normalized spacial score (nSPS) is 14.4. The number of imide groups is 2. The van der Waals surface area contributed by atoms with Crippen molar-refractivity contribution in [3.05, 3.63) is 117 Å². The van der Waals surface area contributed by atoms with E-state index in [1.54, 1.807) is 48.5 Å². The van der Waals surface area contributed by atoms with E-state index in [0.29, 0.717) is 23.4 Å². The number of non-ortho nitro benzene ring substituents is 1. The third kappa shape index (κ3) is 5.67. The molecule has 38 heavy (non-hydrogen) atoms. The van der Waals surface area contributed by atoms with Gasteiger partial charge in [-0.2, -0.15) is 0 Å². The minimum Gasteiger partial charge on any atom is -0.489 e. The highest BCUT2D eigenvalue weighted by atomic mass is 16.6. The number of barbiturate groups is 1. The van der Waals surface area contributed by atoms with E-state index in [-0.39, 0.29) is 17.9 Å². The lowest BCUT2D eigenvalue weighted by molar-refractivity contribution is -0.384. The van der Waals surface area contributed by atoms with Crippen molar-refractivity contribution in [2.75, 3.05) is 4.90 Å². The van der Waals surface area contributed by atoms with Crippen LogP contribution in [0.2, 0.25) is 0 Å². The SMILES string of the molecule is C=CCc1cc(/C=C2\C(=O)NC(=O)N(c3cc(C)cc(C)c3)C2=O)ccc1OCc1ccc([N+](=O)[O-])cc1. The Labute approximate surface area is 219 Å². The van der Waals surface area contributed by atoms with Crippen molar-refractivity contribution in [1.29, 1.82) is 0 Å². The molecule has 0 unspecified atom stereocenters. The van der Waals surface area contributed by atoms with Gasteiger partial charge in [0.05, 0.1) is 10.6 Å². The Balaban J connectivity index is 1.60. The lowest BCUT2D eigenvalue weighted by Crippen LogP contribution is -2.54. The first-order chi connectivity index (χ1) is 18.2. The van der Waals surface area contributed by atoms with Gasteiger partial charge in [-0.25, -0.2) is 9.69 Å². The summed E-state index contributed by atoms with van der Waals surface area (Å²) in [6.45, 7) is 7.69. The molecule has 0 bridgehead atoms. The van der Waals surface area contributed by atoms with Gasteiger partial charge in [-0.15, -0.1) is 6.58 Å². The number of hydrogen-bond acceptors (Lipinski definition) is 6. The zero-order chi connectivity index (χ0) is 27.4. The summed E-state index contributed by atoms with van der Waals surface area (Å²) in [5.41, 5.74) is 4.05. The number of hydrogen-bond donors (Lipinski definition) is 1. The van der Waals surface area contributed by atoms with Crippen LogP contribution in [0.4, 0.5) is 16.2 Å². The number of urea groups is 1. The van der Waals surface area contributed by atoms with Gasteiger partial charge < -0.3 is 4.74 Å². The first kappa shape index (κ1) is 26.0. The first-order valence-electron chi connectivity index (χ1n) is 11.8. The van der Waals surface area contributed by atoms with Gasteiger partial charge in [0, 0.05) is 12.1 Å². The Hall–Kier alpha value is -5.05. The molecule has 1 aliphatic heterocycles. The number of carbonyl (C=O) groups is 3. The van der Waals surface area contributed by atoms with E-state index < -0.39 is 22.8 Å². The largest absolute Gasteiger partial charge is 0.489 e. The van der Waals surface area contributed by atoms with Crippen LogP contribution < -0.4 is 15.0 Å². The molecule has 0 aromatic heterocycles. The summed E-state index contributed by atoms with van der Waals surface area (Å²) in [6, 6.07) is 15.8. The van der Waals surface area contributed by atoms with Gasteiger partial charge in [-0.3, -0.25) is 25.0 Å². The highest BCUT2D eigenvalue weighted by Crippen LogP contribution is 2.27. The summed E-state index contributed by atoms with van der Waals surface area (Å²) in [7, 11) is 0. The van der Waals surface area contributed by atoms with Gasteiger partial charge in [0.2, 0.25) is 0 Å². The number of ether oxygens (including phenoxy) is 1. The maximum Gasteiger partial charge on any atom is 0.335 e. The van der Waals surface area contributed by atoms with Gasteiger partial charge in [0.15, 0.2) is 0 Å². The Kier molecular flexibility index (Phi) is 7.48. The zero-order valence-corrected chi connectivity index (χ0v) is 20.9. The van der Waals surface area contributed by atoms with Crippen molar-refractivity contribution in [3.63, 3.8) is 0 Å². The summed E-state index contributed by atoms with van der Waals surface area (Å²) in [4.78, 5) is 49.8. The van der Waals surface area contributed by atoms with E-state index in [0.717, 1.165) is 27.2 Å². The topological polar surface area (TPSA) is 119 Å². The third-order valence-electron chi connectivity index (χ3n) is 5.87. The quantitative estimate of drug-likeness (QED) is 0.146. The fourth-order valence-electron chi connectivity index (χ4n) is 4.16. The van der Waals surface area contributed by atoms with Crippen LogP contribution in [-0.2, 0) is 22.6 Å². The molecule has 0 saturated carbocycles. The van der Waals surface area contributed by atoms with Crippen LogP contribution in [0.1, 0.15) is 27.8 Å². The predicted molar refractivity (Wildman–Crippen MR) is 143 cm³/mol. The standard InChI is InChI=1S/C29H25N3O6/c1-4-5-22-15-21(8-11-26(22)38-17-20-6-9-23(10-7-20)32(36)37)16-25-27(33)30-29(35)31(28(25)34)24-13-18(2)12-19(3)14-24/h4,6-16H,1,5,17H2,2-3H3,(H,30,33,35)/b25-16+. The summed E-state index contributed by atoms with van der Waals surface area (Å²) >= 11 is 0. The van der Waals surface area contributed by atoms with Gasteiger partial charge in [0.25, 0.3) is 17.5 Å². The van der Waals surface area contributed by atoms with Crippen LogP contribution in [0.25, 0.3) is 6.08 Å².